The number of nitrogens with zero attached hydrogens (tertiary/aromatic N) is 5. The number of carbonyl (C=O) groups is 1. The molecular weight excluding hydrogens is 350 g/mol. The molecule has 0 saturated carbocycles. The lowest BCUT2D eigenvalue weighted by atomic mass is 10.1. The number of aromatic nitrogens is 3. The van der Waals surface area contributed by atoms with Gasteiger partial charge in [0.05, 0.1) is 13.2 Å². The van der Waals surface area contributed by atoms with Gasteiger partial charge < -0.3 is 14.5 Å². The maximum atomic E-state index is 12.8. The first-order valence-corrected chi connectivity index (χ1v) is 9.68. The van der Waals surface area contributed by atoms with Gasteiger partial charge in [0.25, 0.3) is 0 Å². The van der Waals surface area contributed by atoms with Crippen LogP contribution in [0.4, 0.5) is 5.95 Å². The molecule has 1 amide bonds. The second-order valence-electron chi connectivity index (χ2n) is 6.27. The van der Waals surface area contributed by atoms with E-state index in [9.17, 15) is 4.79 Å². The minimum absolute atomic E-state index is 0.0415. The predicted octanol–water partition coefficient (Wildman–Crippen LogP) is 2.06. The van der Waals surface area contributed by atoms with E-state index in [1.165, 1.54) is 11.8 Å². The smallest absolute Gasteiger partial charge is 0.240 e. The van der Waals surface area contributed by atoms with Crippen LogP contribution in [0.3, 0.4) is 0 Å². The Bertz CT molecular complexity index is 728. The normalized spacial score (nSPS) is 15.7. The molecule has 3 rings (SSSR count). The van der Waals surface area contributed by atoms with Crippen LogP contribution in [0.25, 0.3) is 0 Å². The summed E-state index contributed by atoms with van der Waals surface area (Å²) in [6.45, 7) is 5.83. The number of morpholine rings is 1. The summed E-state index contributed by atoms with van der Waals surface area (Å²) in [5.74, 6) is 0.891. The lowest BCUT2D eigenvalue weighted by molar-refractivity contribution is -0.128. The second-order valence-corrected chi connectivity index (χ2v) is 7.34. The van der Waals surface area contributed by atoms with Crippen LogP contribution in [0, 0.1) is 0 Å². The largest absolute Gasteiger partial charge is 0.378 e. The Kier molecular flexibility index (Phi) is 6.16. The van der Waals surface area contributed by atoms with Crippen LogP contribution < -0.4 is 4.90 Å². The number of amides is 1. The topological polar surface area (TPSA) is 63.5 Å². The average molecular weight is 375 g/mol. The first kappa shape index (κ1) is 18.7. The predicted molar refractivity (Wildman–Crippen MR) is 102 cm³/mol. The van der Waals surface area contributed by atoms with Crippen LogP contribution in [-0.2, 0) is 16.1 Å². The molecule has 140 valence electrons. The molecule has 0 bridgehead atoms. The highest BCUT2D eigenvalue weighted by Gasteiger charge is 2.27. The van der Waals surface area contributed by atoms with Gasteiger partial charge in [0.1, 0.15) is 5.25 Å². The molecule has 1 aromatic carbocycles. The minimum atomic E-state index is -0.349. The van der Waals surface area contributed by atoms with E-state index in [0.717, 1.165) is 36.3 Å². The van der Waals surface area contributed by atoms with Gasteiger partial charge in [0.2, 0.25) is 11.9 Å². The van der Waals surface area contributed by atoms with Crippen molar-refractivity contribution < 1.29 is 9.53 Å². The van der Waals surface area contributed by atoms with Gasteiger partial charge in [-0.05, 0) is 12.5 Å². The van der Waals surface area contributed by atoms with Crippen molar-refractivity contribution in [3.63, 3.8) is 0 Å². The van der Waals surface area contributed by atoms with E-state index in [1.54, 1.807) is 19.0 Å². The zero-order chi connectivity index (χ0) is 18.5. The fourth-order valence-corrected chi connectivity index (χ4v) is 4.11. The molecule has 1 saturated heterocycles. The van der Waals surface area contributed by atoms with Gasteiger partial charge >= 0.3 is 0 Å². The van der Waals surface area contributed by atoms with Crippen LogP contribution in [0.2, 0.25) is 0 Å². The molecule has 2 heterocycles. The molecule has 1 aliphatic rings. The van der Waals surface area contributed by atoms with Gasteiger partial charge in [-0.2, -0.15) is 0 Å². The van der Waals surface area contributed by atoms with E-state index < -0.39 is 0 Å². The zero-order valence-corrected chi connectivity index (χ0v) is 16.3. The van der Waals surface area contributed by atoms with Crippen molar-refractivity contribution in [3.8, 4) is 0 Å². The maximum absolute atomic E-state index is 12.8. The maximum Gasteiger partial charge on any atom is 0.240 e. The third kappa shape index (κ3) is 4.02. The second kappa shape index (κ2) is 8.55. The number of ether oxygens (including phenoxy) is 1. The summed E-state index contributed by atoms with van der Waals surface area (Å²) in [6.07, 6.45) is 0. The fourth-order valence-electron chi connectivity index (χ4n) is 2.87. The molecule has 0 spiro atoms. The summed E-state index contributed by atoms with van der Waals surface area (Å²) in [4.78, 5) is 16.6. The minimum Gasteiger partial charge on any atom is -0.378 e. The van der Waals surface area contributed by atoms with Gasteiger partial charge in [-0.3, -0.25) is 9.36 Å². The standard InChI is InChI=1S/C18H25N5O2S/c1-4-23-17(22-10-12-25-13-11-22)19-20-18(23)26-15(16(24)21(2)3)14-8-6-5-7-9-14/h5-9,15H,4,10-13H2,1-3H3. The van der Waals surface area contributed by atoms with Crippen molar-refractivity contribution in [1.82, 2.24) is 19.7 Å². The molecule has 0 radical (unpaired) electrons. The first-order chi connectivity index (χ1) is 12.6. The number of likely N-dealkylation sites (N-methyl/N-ethyl adjacent to an activating group) is 1. The molecule has 8 heteroatoms. The van der Waals surface area contributed by atoms with E-state index >= 15 is 0 Å². The Morgan fingerprint density at radius 1 is 1.23 bits per heavy atom. The lowest BCUT2D eigenvalue weighted by Gasteiger charge is -2.27. The van der Waals surface area contributed by atoms with E-state index in [1.807, 2.05) is 30.3 Å². The third-order valence-corrected chi connectivity index (χ3v) is 5.52. The van der Waals surface area contributed by atoms with Crippen LogP contribution in [-0.4, -0.2) is 66.0 Å². The van der Waals surface area contributed by atoms with Crippen molar-refractivity contribution in [1.29, 1.82) is 0 Å². The summed E-state index contributed by atoms with van der Waals surface area (Å²) in [7, 11) is 3.56. The van der Waals surface area contributed by atoms with Crippen molar-refractivity contribution in [2.45, 2.75) is 23.9 Å². The molecule has 1 aliphatic heterocycles. The Labute approximate surface area is 158 Å². The number of thioether (sulfide) groups is 1. The van der Waals surface area contributed by atoms with Crippen LogP contribution >= 0.6 is 11.8 Å². The van der Waals surface area contributed by atoms with E-state index in [-0.39, 0.29) is 11.2 Å². The Balaban J connectivity index is 1.89. The monoisotopic (exact) mass is 375 g/mol. The summed E-state index contributed by atoms with van der Waals surface area (Å²) in [5, 5.41) is 9.20. The van der Waals surface area contributed by atoms with Gasteiger partial charge in [0, 0.05) is 33.7 Å². The zero-order valence-electron chi connectivity index (χ0n) is 15.5. The van der Waals surface area contributed by atoms with E-state index in [2.05, 4.69) is 26.6 Å². The molecule has 1 aromatic heterocycles. The molecule has 0 N–H and O–H groups in total. The molecule has 1 fully saturated rings. The summed E-state index contributed by atoms with van der Waals surface area (Å²) in [5.41, 5.74) is 0.967. The number of anilines is 1. The number of carbonyl (C=O) groups excluding carboxylic acids is 1. The highest BCUT2D eigenvalue weighted by atomic mass is 32.2. The van der Waals surface area contributed by atoms with Gasteiger partial charge in [0.15, 0.2) is 5.16 Å². The molecule has 7 nitrogen and oxygen atoms in total. The van der Waals surface area contributed by atoms with Crippen LogP contribution in [0.1, 0.15) is 17.7 Å². The molecule has 0 aliphatic carbocycles. The number of rotatable bonds is 6. The molecule has 1 unspecified atom stereocenters. The summed E-state index contributed by atoms with van der Waals surface area (Å²) >= 11 is 1.45. The average Bonchev–Trinajstić information content (AvgIpc) is 3.09. The van der Waals surface area contributed by atoms with Crippen molar-refractivity contribution in [2.24, 2.45) is 0 Å². The Morgan fingerprint density at radius 2 is 1.92 bits per heavy atom. The van der Waals surface area contributed by atoms with Crippen molar-refractivity contribution >= 4 is 23.6 Å². The SMILES string of the molecule is CCn1c(SC(C(=O)N(C)C)c2ccccc2)nnc1N1CCOCC1. The highest BCUT2D eigenvalue weighted by molar-refractivity contribution is 8.00. The van der Waals surface area contributed by atoms with E-state index in [0.29, 0.717) is 13.2 Å². The Hall–Kier alpha value is -2.06. The van der Waals surface area contributed by atoms with Crippen LogP contribution in [0.15, 0.2) is 35.5 Å². The first-order valence-electron chi connectivity index (χ1n) is 8.80. The fraction of sp³-hybridized carbons (Fsp3) is 0.500. The quantitative estimate of drug-likeness (QED) is 0.720. The van der Waals surface area contributed by atoms with Crippen molar-refractivity contribution in [3.05, 3.63) is 35.9 Å². The molecular formula is C18H25N5O2S. The number of hydrogen-bond acceptors (Lipinski definition) is 6. The molecule has 1 atom stereocenters. The number of benzene rings is 1. The molecule has 2 aromatic rings. The summed E-state index contributed by atoms with van der Waals surface area (Å²) < 4.78 is 7.51. The molecule has 26 heavy (non-hydrogen) atoms. The Morgan fingerprint density at radius 3 is 2.54 bits per heavy atom. The number of hydrogen-bond donors (Lipinski definition) is 0. The van der Waals surface area contributed by atoms with Crippen LogP contribution in [0.5, 0.6) is 0 Å². The van der Waals surface area contributed by atoms with Gasteiger partial charge in [-0.1, -0.05) is 42.1 Å². The van der Waals surface area contributed by atoms with E-state index in [4.69, 9.17) is 4.74 Å². The highest BCUT2D eigenvalue weighted by Crippen LogP contribution is 2.36. The summed E-state index contributed by atoms with van der Waals surface area (Å²) in [6, 6.07) is 9.82. The third-order valence-electron chi connectivity index (χ3n) is 4.30. The van der Waals surface area contributed by atoms with Gasteiger partial charge in [-0.25, -0.2) is 0 Å². The van der Waals surface area contributed by atoms with Crippen molar-refractivity contribution in [2.75, 3.05) is 45.3 Å². The van der Waals surface area contributed by atoms with Gasteiger partial charge in [-0.15, -0.1) is 10.2 Å². The lowest BCUT2D eigenvalue weighted by Crippen LogP contribution is -2.38.